The van der Waals surface area contributed by atoms with Gasteiger partial charge in [0.15, 0.2) is 0 Å². The van der Waals surface area contributed by atoms with Gasteiger partial charge in [-0.3, -0.25) is 0 Å². The predicted molar refractivity (Wildman–Crippen MR) is 49.0 cm³/mol. The fourth-order valence-electron chi connectivity index (χ4n) is 1.14. The van der Waals surface area contributed by atoms with E-state index in [1.807, 2.05) is 0 Å². The lowest BCUT2D eigenvalue weighted by molar-refractivity contribution is 0.0596. The van der Waals surface area contributed by atoms with Crippen molar-refractivity contribution in [2.75, 3.05) is 14.2 Å². The standard InChI is InChI=1S/C10H8FNO3/c1-14-8-4-3-7(11)6(5-12)9(8)10(13)15-2/h3-4H,1-2H3. The molecule has 0 aliphatic heterocycles. The van der Waals surface area contributed by atoms with Gasteiger partial charge in [0.05, 0.1) is 14.2 Å². The van der Waals surface area contributed by atoms with E-state index in [9.17, 15) is 9.18 Å². The van der Waals surface area contributed by atoms with Crippen LogP contribution in [0.4, 0.5) is 4.39 Å². The molecular weight excluding hydrogens is 201 g/mol. The van der Waals surface area contributed by atoms with E-state index < -0.39 is 11.8 Å². The van der Waals surface area contributed by atoms with Gasteiger partial charge in [0.25, 0.3) is 0 Å². The summed E-state index contributed by atoms with van der Waals surface area (Å²) in [6.45, 7) is 0. The lowest BCUT2D eigenvalue weighted by Crippen LogP contribution is -2.08. The van der Waals surface area contributed by atoms with Crippen LogP contribution < -0.4 is 4.74 Å². The minimum Gasteiger partial charge on any atom is -0.496 e. The maximum absolute atomic E-state index is 13.2. The molecule has 0 spiro atoms. The van der Waals surface area contributed by atoms with Crippen molar-refractivity contribution in [2.24, 2.45) is 0 Å². The number of benzene rings is 1. The van der Waals surface area contributed by atoms with Crippen molar-refractivity contribution in [3.63, 3.8) is 0 Å². The summed E-state index contributed by atoms with van der Waals surface area (Å²) in [5, 5.41) is 8.71. The van der Waals surface area contributed by atoms with Gasteiger partial charge in [-0.1, -0.05) is 0 Å². The predicted octanol–water partition coefficient (Wildman–Crippen LogP) is 1.49. The molecule has 1 aromatic rings. The zero-order valence-electron chi connectivity index (χ0n) is 8.20. The van der Waals surface area contributed by atoms with Crippen molar-refractivity contribution in [1.29, 1.82) is 5.26 Å². The third kappa shape index (κ3) is 1.89. The minimum absolute atomic E-state index is 0.111. The molecule has 0 N–H and O–H groups in total. The molecule has 1 rings (SSSR count). The Morgan fingerprint density at radius 1 is 1.47 bits per heavy atom. The average Bonchev–Trinajstić information content (AvgIpc) is 2.27. The molecule has 5 heteroatoms. The smallest absolute Gasteiger partial charge is 0.343 e. The average molecular weight is 209 g/mol. The molecule has 0 radical (unpaired) electrons. The van der Waals surface area contributed by atoms with Crippen LogP contribution in [0, 0.1) is 17.1 Å². The SMILES string of the molecule is COC(=O)c1c(OC)ccc(F)c1C#N. The topological polar surface area (TPSA) is 59.3 Å². The molecule has 0 aliphatic rings. The highest BCUT2D eigenvalue weighted by Gasteiger charge is 2.21. The summed E-state index contributed by atoms with van der Waals surface area (Å²) in [6, 6.07) is 3.92. The van der Waals surface area contributed by atoms with Crippen LogP contribution in [-0.4, -0.2) is 20.2 Å². The number of carbonyl (C=O) groups excluding carboxylic acids is 1. The van der Waals surface area contributed by atoms with Crippen molar-refractivity contribution >= 4 is 5.97 Å². The third-order valence-electron chi connectivity index (χ3n) is 1.84. The van der Waals surface area contributed by atoms with Gasteiger partial charge in [-0.2, -0.15) is 5.26 Å². The highest BCUT2D eigenvalue weighted by molar-refractivity contribution is 5.95. The number of carbonyl (C=O) groups is 1. The van der Waals surface area contributed by atoms with Crippen molar-refractivity contribution < 1.29 is 18.7 Å². The fraction of sp³-hybridized carbons (Fsp3) is 0.200. The Morgan fingerprint density at radius 3 is 2.60 bits per heavy atom. The number of hydrogen-bond donors (Lipinski definition) is 0. The maximum Gasteiger partial charge on any atom is 0.343 e. The highest BCUT2D eigenvalue weighted by Crippen LogP contribution is 2.24. The molecule has 78 valence electrons. The summed E-state index contributed by atoms with van der Waals surface area (Å²) in [5.41, 5.74) is -0.566. The molecular formula is C10H8FNO3. The van der Waals surface area contributed by atoms with E-state index in [1.54, 1.807) is 6.07 Å². The number of methoxy groups -OCH3 is 2. The number of ether oxygens (including phenoxy) is 2. The van der Waals surface area contributed by atoms with Crippen LogP contribution in [0.1, 0.15) is 15.9 Å². The molecule has 0 fully saturated rings. The van der Waals surface area contributed by atoms with Gasteiger partial charge in [0.2, 0.25) is 0 Å². The van der Waals surface area contributed by atoms with E-state index in [4.69, 9.17) is 10.00 Å². The fourth-order valence-corrected chi connectivity index (χ4v) is 1.14. The van der Waals surface area contributed by atoms with Crippen LogP contribution in [0.15, 0.2) is 12.1 Å². The second-order valence-corrected chi connectivity index (χ2v) is 2.60. The first-order valence-corrected chi connectivity index (χ1v) is 4.00. The normalized spacial score (nSPS) is 9.20. The summed E-state index contributed by atoms with van der Waals surface area (Å²) >= 11 is 0. The van der Waals surface area contributed by atoms with Gasteiger partial charge in [-0.05, 0) is 12.1 Å². The van der Waals surface area contributed by atoms with Crippen molar-refractivity contribution in [3.8, 4) is 11.8 Å². The Labute approximate surface area is 85.8 Å². The van der Waals surface area contributed by atoms with E-state index in [0.29, 0.717) is 0 Å². The van der Waals surface area contributed by atoms with E-state index in [2.05, 4.69) is 4.74 Å². The van der Waals surface area contributed by atoms with E-state index in [0.717, 1.165) is 13.2 Å². The molecule has 0 aliphatic carbocycles. The summed E-state index contributed by atoms with van der Waals surface area (Å²) in [5.74, 6) is -1.47. The molecule has 0 aromatic heterocycles. The summed E-state index contributed by atoms with van der Waals surface area (Å²) in [7, 11) is 2.47. The monoisotopic (exact) mass is 209 g/mol. The molecule has 0 amide bonds. The first kappa shape index (κ1) is 11.0. The molecule has 0 saturated heterocycles. The zero-order valence-corrected chi connectivity index (χ0v) is 8.20. The lowest BCUT2D eigenvalue weighted by Gasteiger charge is -2.08. The Balaban J connectivity index is 3.49. The first-order valence-electron chi connectivity index (χ1n) is 4.00. The molecule has 0 saturated carbocycles. The number of halogens is 1. The van der Waals surface area contributed by atoms with Gasteiger partial charge < -0.3 is 9.47 Å². The molecule has 1 aromatic carbocycles. The summed E-state index contributed by atoms with van der Waals surface area (Å²) in [6.07, 6.45) is 0. The number of nitrogens with zero attached hydrogens (tertiary/aromatic N) is 1. The van der Waals surface area contributed by atoms with Crippen LogP contribution in [0.5, 0.6) is 5.75 Å². The van der Waals surface area contributed by atoms with Gasteiger partial charge in [-0.15, -0.1) is 0 Å². The molecule has 0 unspecified atom stereocenters. The van der Waals surface area contributed by atoms with Crippen molar-refractivity contribution in [3.05, 3.63) is 29.1 Å². The lowest BCUT2D eigenvalue weighted by atomic mass is 10.1. The zero-order chi connectivity index (χ0) is 11.4. The Morgan fingerprint density at radius 2 is 2.13 bits per heavy atom. The number of esters is 1. The van der Waals surface area contributed by atoms with Crippen LogP contribution >= 0.6 is 0 Å². The molecule has 4 nitrogen and oxygen atoms in total. The van der Waals surface area contributed by atoms with Crippen molar-refractivity contribution in [2.45, 2.75) is 0 Å². The molecule has 15 heavy (non-hydrogen) atoms. The Kier molecular flexibility index (Phi) is 3.24. The third-order valence-corrected chi connectivity index (χ3v) is 1.84. The van der Waals surface area contributed by atoms with Gasteiger partial charge >= 0.3 is 5.97 Å². The van der Waals surface area contributed by atoms with E-state index in [1.165, 1.54) is 13.2 Å². The minimum atomic E-state index is -0.803. The largest absolute Gasteiger partial charge is 0.496 e. The second kappa shape index (κ2) is 4.42. The van der Waals surface area contributed by atoms with Crippen LogP contribution in [0.2, 0.25) is 0 Å². The van der Waals surface area contributed by atoms with Crippen LogP contribution in [0.3, 0.4) is 0 Å². The van der Waals surface area contributed by atoms with E-state index in [-0.39, 0.29) is 16.9 Å². The van der Waals surface area contributed by atoms with Gasteiger partial charge in [-0.25, -0.2) is 9.18 Å². The molecule has 0 heterocycles. The number of hydrogen-bond acceptors (Lipinski definition) is 4. The van der Waals surface area contributed by atoms with E-state index >= 15 is 0 Å². The Hall–Kier alpha value is -2.09. The highest BCUT2D eigenvalue weighted by atomic mass is 19.1. The van der Waals surface area contributed by atoms with Crippen LogP contribution in [-0.2, 0) is 4.74 Å². The van der Waals surface area contributed by atoms with Gasteiger partial charge in [0, 0.05) is 0 Å². The quantitative estimate of drug-likeness (QED) is 0.692. The maximum atomic E-state index is 13.2. The molecule has 0 bridgehead atoms. The Bertz CT molecular complexity index is 437. The van der Waals surface area contributed by atoms with Crippen molar-refractivity contribution in [1.82, 2.24) is 0 Å². The van der Waals surface area contributed by atoms with Gasteiger partial charge in [0.1, 0.15) is 28.8 Å². The summed E-state index contributed by atoms with van der Waals surface area (Å²) < 4.78 is 22.5. The molecule has 0 atom stereocenters. The van der Waals surface area contributed by atoms with Crippen LogP contribution in [0.25, 0.3) is 0 Å². The second-order valence-electron chi connectivity index (χ2n) is 2.60. The first-order chi connectivity index (χ1) is 7.15. The number of nitriles is 1. The number of rotatable bonds is 2. The summed E-state index contributed by atoms with van der Waals surface area (Å²) in [4.78, 5) is 11.3.